The number of hydrogen-bond donors (Lipinski definition) is 7. The summed E-state index contributed by atoms with van der Waals surface area (Å²) in [5, 5.41) is 70.6. The highest BCUT2D eigenvalue weighted by atomic mass is 16.7. The number of carbonyl (C=O) groups is 1. The Balaban J connectivity index is 1.82. The summed E-state index contributed by atoms with van der Waals surface area (Å²) < 4.78 is 33.1. The minimum Gasteiger partial charge on any atom is -0.457 e. The Bertz CT molecular complexity index is 742. The molecule has 2 heterocycles. The van der Waals surface area contributed by atoms with E-state index in [0.29, 0.717) is 6.61 Å². The van der Waals surface area contributed by atoms with Crippen LogP contribution in [0.15, 0.2) is 0 Å². The van der Waals surface area contributed by atoms with E-state index in [9.17, 15) is 40.5 Å². The van der Waals surface area contributed by atoms with Gasteiger partial charge >= 0.3 is 5.97 Å². The van der Waals surface area contributed by atoms with E-state index in [1.54, 1.807) is 6.92 Å². The van der Waals surface area contributed by atoms with Crippen molar-refractivity contribution in [1.82, 2.24) is 0 Å². The Morgan fingerprint density at radius 2 is 1.21 bits per heavy atom. The van der Waals surface area contributed by atoms with E-state index in [0.717, 1.165) is 19.3 Å². The van der Waals surface area contributed by atoms with Crippen molar-refractivity contribution in [3.05, 3.63) is 0 Å². The first-order chi connectivity index (χ1) is 20.6. The number of unbranched alkanes of at least 4 members (excludes halogenated alkanes) is 8. The van der Waals surface area contributed by atoms with Gasteiger partial charge in [-0.3, -0.25) is 4.79 Å². The molecule has 2 aliphatic heterocycles. The third-order valence-electron chi connectivity index (χ3n) is 7.67. The molecule has 0 spiro atoms. The molecule has 11 atom stereocenters. The summed E-state index contributed by atoms with van der Waals surface area (Å²) in [4.78, 5) is 12.0. The lowest BCUT2D eigenvalue weighted by molar-refractivity contribution is -0.332. The summed E-state index contributed by atoms with van der Waals surface area (Å²) in [5.41, 5.74) is 0. The number of rotatable bonds is 21. The van der Waals surface area contributed by atoms with Crippen molar-refractivity contribution < 1.29 is 69.0 Å². The fraction of sp³-hybridized carbons (Fsp3) is 0.966. The second kappa shape index (κ2) is 20.9. The number of esters is 1. The minimum atomic E-state index is -1.69. The van der Waals surface area contributed by atoms with E-state index in [1.807, 2.05) is 0 Å². The molecule has 0 radical (unpaired) electrons. The Labute approximate surface area is 253 Å². The van der Waals surface area contributed by atoms with E-state index in [-0.39, 0.29) is 19.6 Å². The molecule has 2 aliphatic rings. The predicted molar refractivity (Wildman–Crippen MR) is 151 cm³/mol. The molecular weight excluding hydrogens is 572 g/mol. The van der Waals surface area contributed by atoms with Gasteiger partial charge in [-0.25, -0.2) is 0 Å². The topological polar surface area (TPSA) is 214 Å². The number of aliphatic hydroxyl groups excluding tert-OH is 7. The van der Waals surface area contributed by atoms with Gasteiger partial charge in [0.1, 0.15) is 54.9 Å². The van der Waals surface area contributed by atoms with Crippen LogP contribution >= 0.6 is 0 Å². The van der Waals surface area contributed by atoms with Crippen molar-refractivity contribution in [2.24, 2.45) is 0 Å². The lowest BCUT2D eigenvalue weighted by Crippen LogP contribution is -2.61. The third-order valence-corrected chi connectivity index (χ3v) is 7.67. The zero-order valence-electron chi connectivity index (χ0n) is 25.4. The molecule has 43 heavy (non-hydrogen) atoms. The van der Waals surface area contributed by atoms with Crippen molar-refractivity contribution in [3.8, 4) is 0 Å². The zero-order valence-corrected chi connectivity index (χ0v) is 25.4. The SMILES string of the molecule is CCCCCCCCCCCOCC(COC1OC(COC2OC(CO)C(O)C(O)C2O)C(O)C(O)C1O)OC(=O)CC. The molecular formula is C29H54O14. The van der Waals surface area contributed by atoms with Gasteiger partial charge in [0.2, 0.25) is 0 Å². The second-order valence-electron chi connectivity index (χ2n) is 11.2. The van der Waals surface area contributed by atoms with Gasteiger partial charge in [0.25, 0.3) is 0 Å². The lowest BCUT2D eigenvalue weighted by Gasteiger charge is -2.42. The molecule has 0 bridgehead atoms. The Hall–Kier alpha value is -1.01. The molecule has 254 valence electrons. The summed E-state index contributed by atoms with van der Waals surface area (Å²) in [6, 6.07) is 0. The van der Waals surface area contributed by atoms with E-state index in [4.69, 9.17) is 28.4 Å². The van der Waals surface area contributed by atoms with Gasteiger partial charge in [-0.15, -0.1) is 0 Å². The molecule has 2 fully saturated rings. The molecule has 2 rings (SSSR count). The predicted octanol–water partition coefficient (Wildman–Crippen LogP) is -0.504. The normalized spacial score (nSPS) is 33.8. The number of ether oxygens (including phenoxy) is 6. The summed E-state index contributed by atoms with van der Waals surface area (Å²) >= 11 is 0. The van der Waals surface area contributed by atoms with Crippen LogP contribution in [0.1, 0.15) is 78.1 Å². The highest BCUT2D eigenvalue weighted by Gasteiger charge is 2.47. The van der Waals surface area contributed by atoms with Crippen LogP contribution in [0.4, 0.5) is 0 Å². The van der Waals surface area contributed by atoms with E-state index < -0.39 is 86.7 Å². The third kappa shape index (κ3) is 12.7. The fourth-order valence-corrected chi connectivity index (χ4v) is 4.90. The van der Waals surface area contributed by atoms with E-state index in [1.165, 1.54) is 38.5 Å². The largest absolute Gasteiger partial charge is 0.457 e. The summed E-state index contributed by atoms with van der Waals surface area (Å²) in [5.74, 6) is -0.466. The maximum absolute atomic E-state index is 12.0. The van der Waals surface area contributed by atoms with Crippen LogP contribution < -0.4 is 0 Å². The lowest BCUT2D eigenvalue weighted by atomic mass is 9.98. The Morgan fingerprint density at radius 1 is 0.674 bits per heavy atom. The van der Waals surface area contributed by atoms with E-state index >= 15 is 0 Å². The maximum atomic E-state index is 12.0. The highest BCUT2D eigenvalue weighted by molar-refractivity contribution is 5.69. The standard InChI is InChI=1S/C29H54O14/c1-3-5-6-7-8-9-10-11-12-13-38-15-18(41-21(31)4-2)16-39-28-27(37)25(35)23(33)20(43-28)17-40-29-26(36)24(34)22(32)19(14-30)42-29/h18-20,22-30,32-37H,3-17H2,1-2H3. The summed E-state index contributed by atoms with van der Waals surface area (Å²) in [7, 11) is 0. The van der Waals surface area contributed by atoms with Crippen LogP contribution in [0, 0.1) is 0 Å². The van der Waals surface area contributed by atoms with Crippen LogP contribution in [0.25, 0.3) is 0 Å². The Morgan fingerprint density at radius 3 is 1.79 bits per heavy atom. The minimum absolute atomic E-state index is 0.0560. The molecule has 0 amide bonds. The van der Waals surface area contributed by atoms with Crippen molar-refractivity contribution in [3.63, 3.8) is 0 Å². The zero-order chi connectivity index (χ0) is 31.8. The van der Waals surface area contributed by atoms with Crippen LogP contribution in [-0.2, 0) is 33.2 Å². The van der Waals surface area contributed by atoms with Crippen LogP contribution in [0.2, 0.25) is 0 Å². The number of aliphatic hydroxyl groups is 7. The molecule has 14 heteroatoms. The average Bonchev–Trinajstić information content (AvgIpc) is 3.00. The van der Waals surface area contributed by atoms with Crippen LogP contribution in [0.3, 0.4) is 0 Å². The highest BCUT2D eigenvalue weighted by Crippen LogP contribution is 2.26. The fourth-order valence-electron chi connectivity index (χ4n) is 4.90. The first kappa shape index (κ1) is 38.2. The molecule has 14 nitrogen and oxygen atoms in total. The van der Waals surface area contributed by atoms with Gasteiger partial charge in [0.05, 0.1) is 26.4 Å². The van der Waals surface area contributed by atoms with Crippen molar-refractivity contribution in [2.45, 2.75) is 146 Å². The van der Waals surface area contributed by atoms with Crippen LogP contribution in [0.5, 0.6) is 0 Å². The maximum Gasteiger partial charge on any atom is 0.305 e. The van der Waals surface area contributed by atoms with Crippen molar-refractivity contribution in [1.29, 1.82) is 0 Å². The molecule has 0 aliphatic carbocycles. The average molecular weight is 627 g/mol. The smallest absolute Gasteiger partial charge is 0.305 e. The van der Waals surface area contributed by atoms with Gasteiger partial charge in [0.15, 0.2) is 12.6 Å². The molecule has 0 aromatic carbocycles. The summed E-state index contributed by atoms with van der Waals surface area (Å²) in [6.45, 7) is 3.03. The molecule has 11 unspecified atom stereocenters. The molecule has 0 aromatic rings. The number of carbonyl (C=O) groups excluding carboxylic acids is 1. The first-order valence-electron chi connectivity index (χ1n) is 15.6. The van der Waals surface area contributed by atoms with Crippen LogP contribution in [-0.4, -0.2) is 142 Å². The summed E-state index contributed by atoms with van der Waals surface area (Å²) in [6.07, 6.45) is -5.36. The van der Waals surface area contributed by atoms with E-state index in [2.05, 4.69) is 6.92 Å². The number of hydrogen-bond acceptors (Lipinski definition) is 14. The van der Waals surface area contributed by atoms with Gasteiger partial charge in [-0.05, 0) is 6.42 Å². The van der Waals surface area contributed by atoms with Crippen molar-refractivity contribution >= 4 is 5.97 Å². The van der Waals surface area contributed by atoms with Gasteiger partial charge in [0, 0.05) is 13.0 Å². The second-order valence-corrected chi connectivity index (χ2v) is 11.2. The monoisotopic (exact) mass is 626 g/mol. The Kier molecular flexibility index (Phi) is 18.6. The molecule has 2 saturated heterocycles. The molecule has 7 N–H and O–H groups in total. The molecule has 0 saturated carbocycles. The van der Waals surface area contributed by atoms with Gasteiger partial charge in [-0.2, -0.15) is 0 Å². The quantitative estimate of drug-likeness (QED) is 0.0632. The van der Waals surface area contributed by atoms with Gasteiger partial charge < -0.3 is 64.2 Å². The van der Waals surface area contributed by atoms with Crippen molar-refractivity contribution in [2.75, 3.05) is 33.0 Å². The first-order valence-corrected chi connectivity index (χ1v) is 15.6. The van der Waals surface area contributed by atoms with Gasteiger partial charge in [-0.1, -0.05) is 65.2 Å². The molecule has 0 aromatic heterocycles.